The maximum absolute atomic E-state index is 12.5. The van der Waals surface area contributed by atoms with Gasteiger partial charge in [0.2, 0.25) is 5.91 Å². The molecule has 1 saturated heterocycles. The molecule has 7 heteroatoms. The van der Waals surface area contributed by atoms with E-state index < -0.39 is 6.09 Å². The standard InChI is InChI=1S/C20H20N4O3/c25-19-13-24(20(26)27-14-15-4-2-1-3-5-15)9-8-23(19)12-17-10-16-11-21-7-6-18(16)22-17/h1-7,10-11,22H,8-9,12-14H2. The van der Waals surface area contributed by atoms with Crippen molar-refractivity contribution in [1.29, 1.82) is 0 Å². The Kier molecular flexibility index (Phi) is 4.74. The smallest absolute Gasteiger partial charge is 0.410 e. The molecule has 2 amide bonds. The van der Waals surface area contributed by atoms with Gasteiger partial charge in [-0.15, -0.1) is 0 Å². The molecule has 0 saturated carbocycles. The molecule has 0 atom stereocenters. The molecule has 1 aliphatic rings. The van der Waals surface area contributed by atoms with Crippen LogP contribution in [0.5, 0.6) is 0 Å². The molecule has 1 N–H and O–H groups in total. The van der Waals surface area contributed by atoms with Gasteiger partial charge in [0.25, 0.3) is 0 Å². The van der Waals surface area contributed by atoms with Gasteiger partial charge < -0.3 is 14.6 Å². The number of amides is 2. The lowest BCUT2D eigenvalue weighted by Crippen LogP contribution is -2.51. The fourth-order valence-corrected chi connectivity index (χ4v) is 3.17. The van der Waals surface area contributed by atoms with E-state index in [1.54, 1.807) is 17.3 Å². The lowest BCUT2D eigenvalue weighted by Gasteiger charge is -2.33. The second-order valence-electron chi connectivity index (χ2n) is 6.53. The Morgan fingerprint density at radius 3 is 2.81 bits per heavy atom. The molecular weight excluding hydrogens is 344 g/mol. The van der Waals surface area contributed by atoms with Crippen molar-refractivity contribution in [3.8, 4) is 0 Å². The number of fused-ring (bicyclic) bond motifs is 1. The van der Waals surface area contributed by atoms with Crippen LogP contribution in [0.2, 0.25) is 0 Å². The number of pyridine rings is 1. The predicted molar refractivity (Wildman–Crippen MR) is 99.7 cm³/mol. The van der Waals surface area contributed by atoms with E-state index in [-0.39, 0.29) is 19.1 Å². The highest BCUT2D eigenvalue weighted by molar-refractivity contribution is 5.84. The number of benzene rings is 1. The van der Waals surface area contributed by atoms with Crippen molar-refractivity contribution in [3.63, 3.8) is 0 Å². The van der Waals surface area contributed by atoms with Gasteiger partial charge in [-0.25, -0.2) is 4.79 Å². The molecule has 3 aromatic rings. The van der Waals surface area contributed by atoms with Gasteiger partial charge in [0.15, 0.2) is 0 Å². The number of nitrogens with zero attached hydrogens (tertiary/aromatic N) is 3. The SMILES string of the molecule is O=C1CN(C(=O)OCc2ccccc2)CCN1Cc1cc2cnccc2[nH]1. The van der Waals surface area contributed by atoms with Gasteiger partial charge in [-0.05, 0) is 17.7 Å². The number of rotatable bonds is 4. The van der Waals surface area contributed by atoms with Gasteiger partial charge in [-0.2, -0.15) is 0 Å². The summed E-state index contributed by atoms with van der Waals surface area (Å²) in [6, 6.07) is 13.4. The molecule has 0 aliphatic carbocycles. The van der Waals surface area contributed by atoms with E-state index in [1.165, 1.54) is 4.90 Å². The van der Waals surface area contributed by atoms with Crippen molar-refractivity contribution in [1.82, 2.24) is 19.8 Å². The fraction of sp³-hybridized carbons (Fsp3) is 0.250. The zero-order valence-corrected chi connectivity index (χ0v) is 14.8. The van der Waals surface area contributed by atoms with Gasteiger partial charge in [0.05, 0.1) is 6.54 Å². The minimum atomic E-state index is -0.455. The van der Waals surface area contributed by atoms with Crippen LogP contribution >= 0.6 is 0 Å². The lowest BCUT2D eigenvalue weighted by molar-refractivity contribution is -0.136. The van der Waals surface area contributed by atoms with Crippen LogP contribution in [0.1, 0.15) is 11.3 Å². The van der Waals surface area contributed by atoms with Crippen LogP contribution in [0.3, 0.4) is 0 Å². The van der Waals surface area contributed by atoms with Crippen molar-refractivity contribution in [2.45, 2.75) is 13.2 Å². The largest absolute Gasteiger partial charge is 0.445 e. The first-order valence-corrected chi connectivity index (χ1v) is 8.84. The lowest BCUT2D eigenvalue weighted by atomic mass is 10.2. The third kappa shape index (κ3) is 3.92. The van der Waals surface area contributed by atoms with Crippen LogP contribution in [0.25, 0.3) is 10.9 Å². The first-order valence-electron chi connectivity index (χ1n) is 8.84. The summed E-state index contributed by atoms with van der Waals surface area (Å²) in [5.41, 5.74) is 2.87. The number of hydrogen-bond donors (Lipinski definition) is 1. The van der Waals surface area contributed by atoms with Crippen molar-refractivity contribution in [3.05, 3.63) is 66.1 Å². The summed E-state index contributed by atoms with van der Waals surface area (Å²) < 4.78 is 5.31. The summed E-state index contributed by atoms with van der Waals surface area (Å²) in [5, 5.41) is 1.02. The summed E-state index contributed by atoms with van der Waals surface area (Å²) in [6.07, 6.45) is 3.06. The maximum Gasteiger partial charge on any atom is 0.410 e. The van der Waals surface area contributed by atoms with Gasteiger partial charge in [0.1, 0.15) is 13.2 Å². The molecule has 1 fully saturated rings. The minimum absolute atomic E-state index is 0.0371. The third-order valence-electron chi connectivity index (χ3n) is 4.62. The second-order valence-corrected chi connectivity index (χ2v) is 6.53. The van der Waals surface area contributed by atoms with E-state index in [9.17, 15) is 9.59 Å². The molecule has 0 radical (unpaired) electrons. The molecule has 4 rings (SSSR count). The van der Waals surface area contributed by atoms with E-state index in [4.69, 9.17) is 4.74 Å². The van der Waals surface area contributed by atoms with Gasteiger partial charge in [-0.3, -0.25) is 14.7 Å². The van der Waals surface area contributed by atoms with Crippen LogP contribution in [0, 0.1) is 0 Å². The quantitative estimate of drug-likeness (QED) is 0.772. The molecule has 0 bridgehead atoms. The van der Waals surface area contributed by atoms with E-state index in [1.807, 2.05) is 42.5 Å². The summed E-state index contributed by atoms with van der Waals surface area (Å²) in [7, 11) is 0. The number of H-pyrrole nitrogens is 1. The van der Waals surface area contributed by atoms with E-state index >= 15 is 0 Å². The van der Waals surface area contributed by atoms with Crippen molar-refractivity contribution in [2.24, 2.45) is 0 Å². The monoisotopic (exact) mass is 364 g/mol. The normalized spacial score (nSPS) is 14.6. The van der Waals surface area contributed by atoms with Crippen LogP contribution in [0.15, 0.2) is 54.9 Å². The molecule has 2 aromatic heterocycles. The number of aromatic amines is 1. The molecule has 1 aliphatic heterocycles. The molecule has 138 valence electrons. The summed E-state index contributed by atoms with van der Waals surface area (Å²) >= 11 is 0. The number of carbonyl (C=O) groups excluding carboxylic acids is 2. The van der Waals surface area contributed by atoms with Gasteiger partial charge in [0, 0.05) is 42.1 Å². The maximum atomic E-state index is 12.5. The summed E-state index contributed by atoms with van der Waals surface area (Å²) in [6.45, 7) is 1.67. The Morgan fingerprint density at radius 1 is 1.19 bits per heavy atom. The van der Waals surface area contributed by atoms with Crippen molar-refractivity contribution in [2.75, 3.05) is 19.6 Å². The number of carbonyl (C=O) groups is 2. The Labute approximate surface area is 156 Å². The number of ether oxygens (including phenoxy) is 1. The van der Waals surface area contributed by atoms with Gasteiger partial charge in [-0.1, -0.05) is 30.3 Å². The first kappa shape index (κ1) is 17.1. The second kappa shape index (κ2) is 7.49. The molecule has 7 nitrogen and oxygen atoms in total. The first-order chi connectivity index (χ1) is 13.2. The van der Waals surface area contributed by atoms with Crippen LogP contribution in [-0.4, -0.2) is 51.4 Å². The topological polar surface area (TPSA) is 78.5 Å². The van der Waals surface area contributed by atoms with Crippen LogP contribution < -0.4 is 0 Å². The van der Waals surface area contributed by atoms with Crippen molar-refractivity contribution < 1.29 is 14.3 Å². The average molecular weight is 364 g/mol. The fourth-order valence-electron chi connectivity index (χ4n) is 3.17. The van der Waals surface area contributed by atoms with Gasteiger partial charge >= 0.3 is 6.09 Å². The molecule has 0 unspecified atom stereocenters. The van der Waals surface area contributed by atoms with E-state index in [0.717, 1.165) is 22.2 Å². The number of aromatic nitrogens is 2. The number of piperazine rings is 1. The Hall–Kier alpha value is -3.35. The molecular formula is C20H20N4O3. The highest BCUT2D eigenvalue weighted by atomic mass is 16.6. The highest BCUT2D eigenvalue weighted by Gasteiger charge is 2.28. The number of nitrogens with one attached hydrogen (secondary N) is 1. The van der Waals surface area contributed by atoms with E-state index in [2.05, 4.69) is 9.97 Å². The molecule has 3 heterocycles. The molecule has 0 spiro atoms. The Bertz CT molecular complexity index is 921. The Morgan fingerprint density at radius 2 is 2.04 bits per heavy atom. The Balaban J connectivity index is 1.32. The van der Waals surface area contributed by atoms with Crippen molar-refractivity contribution >= 4 is 22.9 Å². The zero-order chi connectivity index (χ0) is 18.6. The van der Waals surface area contributed by atoms with E-state index in [0.29, 0.717) is 19.6 Å². The molecule has 27 heavy (non-hydrogen) atoms. The zero-order valence-electron chi connectivity index (χ0n) is 14.8. The summed E-state index contributed by atoms with van der Waals surface area (Å²) in [5.74, 6) is -0.0882. The molecule has 1 aromatic carbocycles. The van der Waals surface area contributed by atoms with Crippen LogP contribution in [0.4, 0.5) is 4.79 Å². The minimum Gasteiger partial charge on any atom is -0.445 e. The predicted octanol–water partition coefficient (Wildman–Crippen LogP) is 2.54. The third-order valence-corrected chi connectivity index (χ3v) is 4.62. The highest BCUT2D eigenvalue weighted by Crippen LogP contribution is 2.16. The number of hydrogen-bond acceptors (Lipinski definition) is 4. The average Bonchev–Trinajstić information content (AvgIpc) is 3.11. The van der Waals surface area contributed by atoms with Crippen LogP contribution in [-0.2, 0) is 22.7 Å². The summed E-state index contributed by atoms with van der Waals surface area (Å²) in [4.78, 5) is 35.3.